The minimum atomic E-state index is -0.508. The normalized spacial score (nSPS) is 11.1. The first-order chi connectivity index (χ1) is 11.7. The molecule has 1 N–H and O–H groups in total. The van der Waals surface area contributed by atoms with Gasteiger partial charge in [0.05, 0.1) is 10.0 Å². The van der Waals surface area contributed by atoms with Crippen LogP contribution in [0.15, 0.2) is 42.5 Å². The summed E-state index contributed by atoms with van der Waals surface area (Å²) in [6.45, 7) is 6.26. The Balaban J connectivity index is 1.83. The first-order valence-corrected chi connectivity index (χ1v) is 8.61. The summed E-state index contributed by atoms with van der Waals surface area (Å²) in [7, 11) is 0. The van der Waals surface area contributed by atoms with Gasteiger partial charge >= 0.3 is 6.09 Å². The largest absolute Gasteiger partial charge is 0.489 e. The lowest BCUT2D eigenvalue weighted by Crippen LogP contribution is -2.32. The molecule has 0 saturated carbocycles. The van der Waals surface area contributed by atoms with Crippen LogP contribution >= 0.6 is 23.2 Å². The molecule has 6 heteroatoms. The van der Waals surface area contributed by atoms with Crippen LogP contribution in [0.4, 0.5) is 4.79 Å². The van der Waals surface area contributed by atoms with Gasteiger partial charge in [0, 0.05) is 6.54 Å². The van der Waals surface area contributed by atoms with Gasteiger partial charge in [0.2, 0.25) is 0 Å². The van der Waals surface area contributed by atoms with Crippen molar-refractivity contribution in [3.8, 4) is 5.75 Å². The molecule has 0 fully saturated rings. The number of hydrogen-bond donors (Lipinski definition) is 1. The van der Waals surface area contributed by atoms with Crippen LogP contribution in [-0.2, 0) is 17.9 Å². The van der Waals surface area contributed by atoms with Crippen molar-refractivity contribution in [1.82, 2.24) is 5.32 Å². The zero-order chi connectivity index (χ0) is 18.4. The molecule has 2 aromatic carbocycles. The topological polar surface area (TPSA) is 47.6 Å². The Hall–Kier alpha value is -1.91. The number of benzene rings is 2. The number of ether oxygens (including phenoxy) is 2. The summed E-state index contributed by atoms with van der Waals surface area (Å²) in [5.41, 5.74) is 1.38. The lowest BCUT2D eigenvalue weighted by Gasteiger charge is -2.19. The van der Waals surface area contributed by atoms with Crippen molar-refractivity contribution in [2.75, 3.05) is 0 Å². The van der Waals surface area contributed by atoms with Crippen molar-refractivity contribution >= 4 is 29.3 Å². The summed E-state index contributed by atoms with van der Waals surface area (Å²) in [4.78, 5) is 11.6. The van der Waals surface area contributed by atoms with Crippen molar-refractivity contribution in [2.45, 2.75) is 39.5 Å². The minimum absolute atomic E-state index is 0.391. The monoisotopic (exact) mass is 381 g/mol. The summed E-state index contributed by atoms with van der Waals surface area (Å²) in [6.07, 6.45) is -0.438. The molecule has 1 amide bonds. The summed E-state index contributed by atoms with van der Waals surface area (Å²) in [5, 5.41) is 3.74. The van der Waals surface area contributed by atoms with E-state index in [0.29, 0.717) is 23.2 Å². The molecule has 0 atom stereocenters. The minimum Gasteiger partial charge on any atom is -0.489 e. The third kappa shape index (κ3) is 6.85. The molecule has 2 rings (SSSR count). The van der Waals surface area contributed by atoms with Gasteiger partial charge in [-0.3, -0.25) is 0 Å². The molecule has 0 unspecified atom stereocenters. The first kappa shape index (κ1) is 19.4. The van der Waals surface area contributed by atoms with E-state index in [9.17, 15) is 4.79 Å². The third-order valence-corrected chi connectivity index (χ3v) is 3.89. The van der Waals surface area contributed by atoms with E-state index in [1.807, 2.05) is 51.1 Å². The predicted molar refractivity (Wildman–Crippen MR) is 100 cm³/mol. The maximum absolute atomic E-state index is 11.6. The molecule has 0 aliphatic carbocycles. The standard InChI is InChI=1S/C19H21Cl2NO3/c1-19(2,3)25-18(23)22-11-13-4-7-15(8-5-13)24-12-14-6-9-16(20)17(21)10-14/h4-10H,11-12H2,1-3H3,(H,22,23). The highest BCUT2D eigenvalue weighted by molar-refractivity contribution is 6.42. The Morgan fingerprint density at radius 1 is 1.00 bits per heavy atom. The Morgan fingerprint density at radius 3 is 2.24 bits per heavy atom. The Morgan fingerprint density at radius 2 is 1.64 bits per heavy atom. The molecule has 0 spiro atoms. The number of amides is 1. The van der Waals surface area contributed by atoms with E-state index >= 15 is 0 Å². The Kier molecular flexibility index (Phi) is 6.57. The average molecular weight is 382 g/mol. The molecule has 0 saturated heterocycles. The van der Waals surface area contributed by atoms with Crippen molar-refractivity contribution in [3.63, 3.8) is 0 Å². The molecule has 0 bridgehead atoms. The molecule has 0 aliphatic rings. The summed E-state index contributed by atoms with van der Waals surface area (Å²) in [6, 6.07) is 12.9. The lowest BCUT2D eigenvalue weighted by molar-refractivity contribution is 0.0523. The van der Waals surface area contributed by atoms with Crippen LogP contribution in [0.1, 0.15) is 31.9 Å². The van der Waals surface area contributed by atoms with Gasteiger partial charge < -0.3 is 14.8 Å². The maximum Gasteiger partial charge on any atom is 0.407 e. The smallest absolute Gasteiger partial charge is 0.407 e. The molecule has 0 aliphatic heterocycles. The van der Waals surface area contributed by atoms with E-state index in [-0.39, 0.29) is 0 Å². The lowest BCUT2D eigenvalue weighted by atomic mass is 10.2. The fraction of sp³-hybridized carbons (Fsp3) is 0.316. The van der Waals surface area contributed by atoms with Crippen molar-refractivity contribution in [1.29, 1.82) is 0 Å². The van der Waals surface area contributed by atoms with E-state index < -0.39 is 11.7 Å². The Labute approximate surface area is 158 Å². The number of alkyl carbamates (subject to hydrolysis) is 1. The predicted octanol–water partition coefficient (Wildman–Crippen LogP) is 5.60. The molecular weight excluding hydrogens is 361 g/mol. The quantitative estimate of drug-likeness (QED) is 0.733. The molecule has 134 valence electrons. The summed E-state index contributed by atoms with van der Waals surface area (Å²) >= 11 is 11.9. The van der Waals surface area contributed by atoms with Crippen LogP contribution in [0.5, 0.6) is 5.75 Å². The van der Waals surface area contributed by atoms with Crippen LogP contribution in [0.2, 0.25) is 10.0 Å². The van der Waals surface area contributed by atoms with Crippen molar-refractivity contribution in [2.24, 2.45) is 0 Å². The number of nitrogens with one attached hydrogen (secondary N) is 1. The van der Waals surface area contributed by atoms with Gasteiger partial charge in [-0.15, -0.1) is 0 Å². The second kappa shape index (κ2) is 8.45. The highest BCUT2D eigenvalue weighted by Gasteiger charge is 2.15. The molecule has 4 nitrogen and oxygen atoms in total. The maximum atomic E-state index is 11.6. The number of hydrogen-bond acceptors (Lipinski definition) is 3. The second-order valence-corrected chi connectivity index (χ2v) is 7.35. The number of carbonyl (C=O) groups excluding carboxylic acids is 1. The van der Waals surface area contributed by atoms with E-state index in [0.717, 1.165) is 16.9 Å². The van der Waals surface area contributed by atoms with Crippen LogP contribution < -0.4 is 10.1 Å². The van der Waals surface area contributed by atoms with E-state index in [1.165, 1.54) is 0 Å². The summed E-state index contributed by atoms with van der Waals surface area (Å²) < 4.78 is 10.9. The fourth-order valence-corrected chi connectivity index (χ4v) is 2.31. The molecular formula is C19H21Cl2NO3. The molecule has 2 aromatic rings. The van der Waals surface area contributed by atoms with Gasteiger partial charge in [0.15, 0.2) is 0 Å². The van der Waals surface area contributed by atoms with Gasteiger partial charge in [-0.1, -0.05) is 41.4 Å². The van der Waals surface area contributed by atoms with Crippen LogP contribution in [-0.4, -0.2) is 11.7 Å². The second-order valence-electron chi connectivity index (χ2n) is 6.54. The van der Waals surface area contributed by atoms with Crippen molar-refractivity contribution < 1.29 is 14.3 Å². The molecule has 0 radical (unpaired) electrons. The number of rotatable bonds is 5. The highest BCUT2D eigenvalue weighted by atomic mass is 35.5. The third-order valence-electron chi connectivity index (χ3n) is 3.15. The van der Waals surface area contributed by atoms with E-state index in [2.05, 4.69) is 5.32 Å². The van der Waals surface area contributed by atoms with Gasteiger partial charge in [0.1, 0.15) is 18.0 Å². The summed E-state index contributed by atoms with van der Waals surface area (Å²) in [5.74, 6) is 0.729. The molecule has 0 aromatic heterocycles. The fourth-order valence-electron chi connectivity index (χ4n) is 1.99. The number of halogens is 2. The SMILES string of the molecule is CC(C)(C)OC(=O)NCc1ccc(OCc2ccc(Cl)c(Cl)c2)cc1. The molecule has 0 heterocycles. The van der Waals surface area contributed by atoms with Gasteiger partial charge in [0.25, 0.3) is 0 Å². The van der Waals surface area contributed by atoms with E-state index in [1.54, 1.807) is 12.1 Å². The van der Waals surface area contributed by atoms with Crippen LogP contribution in [0.25, 0.3) is 0 Å². The Bertz CT molecular complexity index is 724. The van der Waals surface area contributed by atoms with Gasteiger partial charge in [-0.25, -0.2) is 4.79 Å². The average Bonchev–Trinajstić information content (AvgIpc) is 2.53. The van der Waals surface area contributed by atoms with E-state index in [4.69, 9.17) is 32.7 Å². The zero-order valence-electron chi connectivity index (χ0n) is 14.4. The molecule has 25 heavy (non-hydrogen) atoms. The zero-order valence-corrected chi connectivity index (χ0v) is 15.9. The number of carbonyl (C=O) groups is 1. The van der Waals surface area contributed by atoms with Gasteiger partial charge in [-0.2, -0.15) is 0 Å². The van der Waals surface area contributed by atoms with Crippen LogP contribution in [0, 0.1) is 0 Å². The highest BCUT2D eigenvalue weighted by Crippen LogP contribution is 2.23. The first-order valence-electron chi connectivity index (χ1n) is 7.85. The van der Waals surface area contributed by atoms with Crippen LogP contribution in [0.3, 0.4) is 0 Å². The van der Waals surface area contributed by atoms with Crippen molar-refractivity contribution in [3.05, 3.63) is 63.6 Å². The van der Waals surface area contributed by atoms with Gasteiger partial charge in [-0.05, 0) is 56.2 Å².